The van der Waals surface area contributed by atoms with Crippen LogP contribution < -0.4 is 10.6 Å². The van der Waals surface area contributed by atoms with Gasteiger partial charge in [0.2, 0.25) is 0 Å². The Morgan fingerprint density at radius 1 is 1.29 bits per heavy atom. The van der Waals surface area contributed by atoms with Gasteiger partial charge in [0.05, 0.1) is 11.8 Å². The molecule has 1 unspecified atom stereocenters. The van der Waals surface area contributed by atoms with Gasteiger partial charge in [0.25, 0.3) is 0 Å². The Balaban J connectivity index is 0.00000288. The molecule has 132 valence electrons. The molecular formula is C16H22ClIN4O2. The molecule has 0 bridgehead atoms. The summed E-state index contributed by atoms with van der Waals surface area (Å²) < 4.78 is 5.13. The third-order valence-electron chi connectivity index (χ3n) is 3.56. The van der Waals surface area contributed by atoms with E-state index >= 15 is 0 Å². The minimum absolute atomic E-state index is 0. The summed E-state index contributed by atoms with van der Waals surface area (Å²) in [4.78, 5) is 4.14. The Labute approximate surface area is 163 Å². The van der Waals surface area contributed by atoms with E-state index in [-0.39, 0.29) is 24.0 Å². The van der Waals surface area contributed by atoms with Crippen molar-refractivity contribution >= 4 is 41.5 Å². The highest BCUT2D eigenvalue weighted by Crippen LogP contribution is 2.15. The van der Waals surface area contributed by atoms with Gasteiger partial charge in [-0.25, -0.2) is 0 Å². The summed E-state index contributed by atoms with van der Waals surface area (Å²) in [6.45, 7) is 4.66. The summed E-state index contributed by atoms with van der Waals surface area (Å²) in [5, 5.41) is 21.0. The van der Waals surface area contributed by atoms with E-state index in [4.69, 9.17) is 16.1 Å². The predicted octanol–water partition coefficient (Wildman–Crippen LogP) is 2.96. The molecule has 0 aliphatic carbocycles. The van der Waals surface area contributed by atoms with E-state index < -0.39 is 6.10 Å². The molecule has 1 atom stereocenters. The number of aromatic nitrogens is 1. The molecule has 1 heterocycles. The Morgan fingerprint density at radius 3 is 2.50 bits per heavy atom. The number of aliphatic imine (C=N–C) groups is 1. The minimum atomic E-state index is -0.648. The van der Waals surface area contributed by atoms with Gasteiger partial charge in [0.1, 0.15) is 5.76 Å². The first-order valence-electron chi connectivity index (χ1n) is 7.31. The molecule has 0 aliphatic heterocycles. The number of nitrogens with zero attached hydrogens (tertiary/aromatic N) is 2. The van der Waals surface area contributed by atoms with Crippen LogP contribution in [0.1, 0.15) is 28.7 Å². The van der Waals surface area contributed by atoms with Crippen LogP contribution >= 0.6 is 35.6 Å². The molecule has 0 saturated heterocycles. The second-order valence-corrected chi connectivity index (χ2v) is 5.61. The second kappa shape index (κ2) is 9.85. The second-order valence-electron chi connectivity index (χ2n) is 5.18. The highest BCUT2D eigenvalue weighted by atomic mass is 127. The zero-order valence-electron chi connectivity index (χ0n) is 13.8. The molecule has 3 N–H and O–H groups in total. The molecule has 2 aromatic rings. The summed E-state index contributed by atoms with van der Waals surface area (Å²) in [5.74, 6) is 1.38. The van der Waals surface area contributed by atoms with Gasteiger partial charge < -0.3 is 20.3 Å². The lowest BCUT2D eigenvalue weighted by Gasteiger charge is -2.15. The SMILES string of the molecule is CN=C(NCc1c(C)noc1C)NCC(O)c1ccc(Cl)cc1.I. The molecule has 1 aromatic heterocycles. The minimum Gasteiger partial charge on any atom is -0.387 e. The number of hydrogen-bond acceptors (Lipinski definition) is 4. The van der Waals surface area contributed by atoms with E-state index in [1.165, 1.54) is 0 Å². The first-order chi connectivity index (χ1) is 11.0. The zero-order valence-corrected chi connectivity index (χ0v) is 16.9. The number of benzene rings is 1. The quantitative estimate of drug-likeness (QED) is 0.360. The third-order valence-corrected chi connectivity index (χ3v) is 3.81. The van der Waals surface area contributed by atoms with Crippen molar-refractivity contribution in [2.75, 3.05) is 13.6 Å². The van der Waals surface area contributed by atoms with E-state index in [0.717, 1.165) is 22.6 Å². The molecule has 0 aliphatic rings. The number of rotatable bonds is 5. The zero-order chi connectivity index (χ0) is 16.8. The number of hydrogen-bond donors (Lipinski definition) is 3. The van der Waals surface area contributed by atoms with Crippen LogP contribution in [-0.2, 0) is 6.54 Å². The van der Waals surface area contributed by atoms with Crippen LogP contribution in [0.3, 0.4) is 0 Å². The number of aliphatic hydroxyl groups excluding tert-OH is 1. The fraction of sp³-hybridized carbons (Fsp3) is 0.375. The largest absolute Gasteiger partial charge is 0.387 e. The number of aryl methyl sites for hydroxylation is 2. The van der Waals surface area contributed by atoms with Crippen molar-refractivity contribution < 1.29 is 9.63 Å². The van der Waals surface area contributed by atoms with Crippen LogP contribution in [0.15, 0.2) is 33.8 Å². The predicted molar refractivity (Wildman–Crippen MR) is 106 cm³/mol. The maximum Gasteiger partial charge on any atom is 0.191 e. The van der Waals surface area contributed by atoms with Gasteiger partial charge >= 0.3 is 0 Å². The maximum absolute atomic E-state index is 10.2. The molecule has 0 saturated carbocycles. The summed E-state index contributed by atoms with van der Waals surface area (Å²) in [7, 11) is 1.68. The molecular weight excluding hydrogens is 443 g/mol. The van der Waals surface area contributed by atoms with Gasteiger partial charge in [0, 0.05) is 30.7 Å². The standard InChI is InChI=1S/C16H21ClN4O2.HI/c1-10-14(11(2)23-21-10)8-19-16(18-3)20-9-15(22)12-4-6-13(17)7-5-12;/h4-7,15,22H,8-9H2,1-3H3,(H2,18,19,20);1H. The van der Waals surface area contributed by atoms with Gasteiger partial charge in [-0.2, -0.15) is 0 Å². The average Bonchev–Trinajstić information content (AvgIpc) is 2.87. The Morgan fingerprint density at radius 2 is 1.96 bits per heavy atom. The number of aliphatic hydroxyl groups is 1. The molecule has 2 rings (SSSR count). The van der Waals surface area contributed by atoms with Crippen molar-refractivity contribution in [1.29, 1.82) is 0 Å². The summed E-state index contributed by atoms with van der Waals surface area (Å²) in [6.07, 6.45) is -0.648. The number of guanidine groups is 1. The van der Waals surface area contributed by atoms with Crippen molar-refractivity contribution in [2.24, 2.45) is 4.99 Å². The van der Waals surface area contributed by atoms with Gasteiger partial charge in [-0.1, -0.05) is 28.9 Å². The monoisotopic (exact) mass is 464 g/mol. The van der Waals surface area contributed by atoms with Crippen molar-refractivity contribution in [2.45, 2.75) is 26.5 Å². The van der Waals surface area contributed by atoms with E-state index in [1.54, 1.807) is 31.3 Å². The van der Waals surface area contributed by atoms with Crippen molar-refractivity contribution in [3.8, 4) is 0 Å². The first-order valence-corrected chi connectivity index (χ1v) is 7.69. The van der Waals surface area contributed by atoms with Crippen LogP contribution in [0.5, 0.6) is 0 Å². The number of halogens is 2. The molecule has 0 amide bonds. The third kappa shape index (κ3) is 5.64. The van der Waals surface area contributed by atoms with Gasteiger partial charge in [-0.05, 0) is 31.5 Å². The first kappa shape index (κ1) is 20.7. The lowest BCUT2D eigenvalue weighted by Crippen LogP contribution is -2.39. The fourth-order valence-corrected chi connectivity index (χ4v) is 2.27. The lowest BCUT2D eigenvalue weighted by molar-refractivity contribution is 0.181. The van der Waals surface area contributed by atoms with E-state index in [1.807, 2.05) is 13.8 Å². The smallest absolute Gasteiger partial charge is 0.191 e. The van der Waals surface area contributed by atoms with Gasteiger partial charge in [-0.3, -0.25) is 4.99 Å². The molecule has 24 heavy (non-hydrogen) atoms. The van der Waals surface area contributed by atoms with Gasteiger partial charge in [0.15, 0.2) is 5.96 Å². The van der Waals surface area contributed by atoms with Crippen LogP contribution in [0.4, 0.5) is 0 Å². The highest BCUT2D eigenvalue weighted by molar-refractivity contribution is 14.0. The summed E-state index contributed by atoms with van der Waals surface area (Å²) >= 11 is 5.84. The molecule has 8 heteroatoms. The molecule has 0 spiro atoms. The van der Waals surface area contributed by atoms with E-state index in [9.17, 15) is 5.11 Å². The van der Waals surface area contributed by atoms with Crippen LogP contribution in [-0.4, -0.2) is 29.8 Å². The fourth-order valence-electron chi connectivity index (χ4n) is 2.14. The Hall–Kier alpha value is -1.32. The molecule has 0 fully saturated rings. The maximum atomic E-state index is 10.2. The van der Waals surface area contributed by atoms with E-state index in [0.29, 0.717) is 24.1 Å². The summed E-state index contributed by atoms with van der Waals surface area (Å²) in [5.41, 5.74) is 2.65. The Kier molecular flexibility index (Phi) is 8.51. The van der Waals surface area contributed by atoms with E-state index in [2.05, 4.69) is 20.8 Å². The van der Waals surface area contributed by atoms with Crippen LogP contribution in [0.2, 0.25) is 5.02 Å². The molecule has 1 aromatic carbocycles. The molecule has 6 nitrogen and oxygen atoms in total. The highest BCUT2D eigenvalue weighted by Gasteiger charge is 2.11. The average molecular weight is 465 g/mol. The van der Waals surface area contributed by atoms with Crippen molar-refractivity contribution in [3.63, 3.8) is 0 Å². The normalized spacial score (nSPS) is 12.5. The van der Waals surface area contributed by atoms with Gasteiger partial charge in [-0.15, -0.1) is 24.0 Å². The van der Waals surface area contributed by atoms with Crippen molar-refractivity contribution in [3.05, 3.63) is 51.9 Å². The van der Waals surface area contributed by atoms with Crippen molar-refractivity contribution in [1.82, 2.24) is 15.8 Å². The number of nitrogens with one attached hydrogen (secondary N) is 2. The van der Waals surface area contributed by atoms with Crippen LogP contribution in [0.25, 0.3) is 0 Å². The molecule has 0 radical (unpaired) electrons. The summed E-state index contributed by atoms with van der Waals surface area (Å²) in [6, 6.07) is 7.11. The Bertz CT molecular complexity index is 654. The topological polar surface area (TPSA) is 82.7 Å². The van der Waals surface area contributed by atoms with Crippen LogP contribution in [0, 0.1) is 13.8 Å². The lowest BCUT2D eigenvalue weighted by atomic mass is 10.1.